The highest BCUT2D eigenvalue weighted by Crippen LogP contribution is 2.33. The summed E-state index contributed by atoms with van der Waals surface area (Å²) in [6.45, 7) is 3.45. The van der Waals surface area contributed by atoms with E-state index in [-0.39, 0.29) is 0 Å². The minimum Gasteiger partial charge on any atom is -0.496 e. The van der Waals surface area contributed by atoms with Crippen molar-refractivity contribution >= 4 is 16.6 Å². The van der Waals surface area contributed by atoms with Gasteiger partial charge in [0.05, 0.1) is 12.7 Å². The van der Waals surface area contributed by atoms with Gasteiger partial charge < -0.3 is 14.7 Å². The summed E-state index contributed by atoms with van der Waals surface area (Å²) in [4.78, 5) is 6.70. The third-order valence-corrected chi connectivity index (χ3v) is 3.94. The number of aliphatic hydroxyl groups is 1. The predicted octanol–water partition coefficient (Wildman–Crippen LogP) is 2.59. The molecule has 1 aromatic carbocycles. The van der Waals surface area contributed by atoms with Crippen molar-refractivity contribution in [3.8, 4) is 5.75 Å². The van der Waals surface area contributed by atoms with Gasteiger partial charge >= 0.3 is 0 Å². The van der Waals surface area contributed by atoms with Crippen LogP contribution in [0.4, 0.5) is 5.82 Å². The molecular weight excluding hydrogens is 252 g/mol. The van der Waals surface area contributed by atoms with E-state index in [9.17, 15) is 5.11 Å². The Balaban J connectivity index is 2.08. The molecule has 2 heterocycles. The zero-order chi connectivity index (χ0) is 14.2. The van der Waals surface area contributed by atoms with Crippen molar-refractivity contribution in [3.05, 3.63) is 30.5 Å². The molecule has 3 rings (SSSR count). The second-order valence-corrected chi connectivity index (χ2v) is 5.71. The molecule has 106 valence electrons. The van der Waals surface area contributed by atoms with Gasteiger partial charge in [0.25, 0.3) is 0 Å². The predicted molar refractivity (Wildman–Crippen MR) is 80.4 cm³/mol. The van der Waals surface area contributed by atoms with Gasteiger partial charge in [0.15, 0.2) is 0 Å². The largest absolute Gasteiger partial charge is 0.496 e. The van der Waals surface area contributed by atoms with Crippen LogP contribution in [0.5, 0.6) is 5.75 Å². The number of fused-ring (bicyclic) bond motifs is 1. The van der Waals surface area contributed by atoms with Gasteiger partial charge in [-0.25, -0.2) is 4.98 Å². The van der Waals surface area contributed by atoms with Crippen LogP contribution in [0.3, 0.4) is 0 Å². The molecule has 4 nitrogen and oxygen atoms in total. The zero-order valence-electron chi connectivity index (χ0n) is 12.0. The fraction of sp³-hybridized carbons (Fsp3) is 0.438. The second-order valence-electron chi connectivity index (χ2n) is 5.71. The Hall–Kier alpha value is -1.81. The number of β-amino-alcohol motifs (C(OH)–C–C–N with tert-alkyl or cyclic N) is 1. The molecule has 0 saturated carbocycles. The van der Waals surface area contributed by atoms with E-state index in [2.05, 4.69) is 16.0 Å². The summed E-state index contributed by atoms with van der Waals surface area (Å²) in [5.74, 6) is 1.79. The highest BCUT2D eigenvalue weighted by atomic mass is 16.5. The van der Waals surface area contributed by atoms with Crippen LogP contribution in [0.25, 0.3) is 10.8 Å². The highest BCUT2D eigenvalue weighted by Gasteiger charge is 2.29. The Kier molecular flexibility index (Phi) is 3.26. The van der Waals surface area contributed by atoms with E-state index in [1.54, 1.807) is 7.11 Å². The summed E-state index contributed by atoms with van der Waals surface area (Å²) in [6.07, 6.45) is 3.64. The number of nitrogens with zero attached hydrogens (tertiary/aromatic N) is 2. The summed E-state index contributed by atoms with van der Waals surface area (Å²) in [5.41, 5.74) is -0.638. The third-order valence-electron chi connectivity index (χ3n) is 3.94. The molecule has 1 unspecified atom stereocenters. The summed E-state index contributed by atoms with van der Waals surface area (Å²) >= 11 is 0. The Bertz CT molecular complexity index is 625. The lowest BCUT2D eigenvalue weighted by atomic mass is 9.95. The number of piperidine rings is 1. The van der Waals surface area contributed by atoms with Crippen LogP contribution < -0.4 is 9.64 Å². The minimum atomic E-state index is -0.638. The molecule has 0 aliphatic carbocycles. The van der Waals surface area contributed by atoms with E-state index in [1.165, 1.54) is 0 Å². The van der Waals surface area contributed by atoms with Gasteiger partial charge in [-0.1, -0.05) is 12.1 Å². The summed E-state index contributed by atoms with van der Waals surface area (Å²) in [5, 5.41) is 12.4. The van der Waals surface area contributed by atoms with Crippen LogP contribution in [0.2, 0.25) is 0 Å². The maximum absolute atomic E-state index is 10.3. The number of benzene rings is 1. The molecule has 1 aromatic heterocycles. The molecular formula is C16H20N2O2. The molecule has 2 aromatic rings. The number of anilines is 1. The van der Waals surface area contributed by atoms with Crippen molar-refractivity contribution in [2.75, 3.05) is 25.1 Å². The van der Waals surface area contributed by atoms with Crippen LogP contribution >= 0.6 is 0 Å². The SMILES string of the molecule is COc1cccc2c(N3CCCC(C)(O)C3)nccc12. The van der Waals surface area contributed by atoms with Crippen molar-refractivity contribution in [2.24, 2.45) is 0 Å². The van der Waals surface area contributed by atoms with Crippen LogP contribution in [0.15, 0.2) is 30.5 Å². The highest BCUT2D eigenvalue weighted by molar-refractivity contribution is 5.96. The van der Waals surface area contributed by atoms with E-state index < -0.39 is 5.60 Å². The number of pyridine rings is 1. The lowest BCUT2D eigenvalue weighted by Gasteiger charge is -2.38. The van der Waals surface area contributed by atoms with Gasteiger partial charge in [-0.2, -0.15) is 0 Å². The van der Waals surface area contributed by atoms with Gasteiger partial charge in [-0.15, -0.1) is 0 Å². The molecule has 0 bridgehead atoms. The fourth-order valence-corrected chi connectivity index (χ4v) is 2.99. The maximum Gasteiger partial charge on any atom is 0.136 e. The average Bonchev–Trinajstić information content (AvgIpc) is 2.45. The number of methoxy groups -OCH3 is 1. The van der Waals surface area contributed by atoms with E-state index in [0.717, 1.165) is 41.7 Å². The van der Waals surface area contributed by atoms with Gasteiger partial charge in [0.2, 0.25) is 0 Å². The first-order valence-corrected chi connectivity index (χ1v) is 7.00. The second kappa shape index (κ2) is 4.94. The van der Waals surface area contributed by atoms with Gasteiger partial charge in [0, 0.05) is 30.1 Å². The molecule has 1 aliphatic rings. The number of rotatable bonds is 2. The topological polar surface area (TPSA) is 45.6 Å². The number of hydrogen-bond donors (Lipinski definition) is 1. The first-order chi connectivity index (χ1) is 9.61. The van der Waals surface area contributed by atoms with Crippen molar-refractivity contribution in [2.45, 2.75) is 25.4 Å². The Morgan fingerprint density at radius 3 is 2.90 bits per heavy atom. The first kappa shape index (κ1) is 13.2. The monoisotopic (exact) mass is 272 g/mol. The van der Waals surface area contributed by atoms with Gasteiger partial charge in [-0.3, -0.25) is 0 Å². The lowest BCUT2D eigenvalue weighted by molar-refractivity contribution is 0.0448. The average molecular weight is 272 g/mol. The van der Waals surface area contributed by atoms with Crippen LogP contribution in [0, 0.1) is 0 Å². The molecule has 4 heteroatoms. The molecule has 1 aliphatic heterocycles. The van der Waals surface area contributed by atoms with Gasteiger partial charge in [0.1, 0.15) is 11.6 Å². The summed E-state index contributed by atoms with van der Waals surface area (Å²) in [7, 11) is 1.68. The Labute approximate surface area is 119 Å². The minimum absolute atomic E-state index is 0.621. The molecule has 0 radical (unpaired) electrons. The summed E-state index contributed by atoms with van der Waals surface area (Å²) < 4.78 is 5.42. The quantitative estimate of drug-likeness (QED) is 0.912. The normalized spacial score (nSPS) is 23.1. The Morgan fingerprint density at radius 1 is 1.30 bits per heavy atom. The van der Waals surface area contributed by atoms with E-state index in [1.807, 2.05) is 31.3 Å². The van der Waals surface area contributed by atoms with E-state index >= 15 is 0 Å². The third kappa shape index (κ3) is 2.31. The van der Waals surface area contributed by atoms with Crippen molar-refractivity contribution < 1.29 is 9.84 Å². The molecule has 0 spiro atoms. The first-order valence-electron chi connectivity index (χ1n) is 7.00. The van der Waals surface area contributed by atoms with Gasteiger partial charge in [-0.05, 0) is 31.9 Å². The molecule has 1 atom stereocenters. The lowest BCUT2D eigenvalue weighted by Crippen LogP contribution is -2.46. The van der Waals surface area contributed by atoms with Crippen LogP contribution in [-0.4, -0.2) is 35.9 Å². The van der Waals surface area contributed by atoms with E-state index in [0.29, 0.717) is 6.54 Å². The Morgan fingerprint density at radius 2 is 2.15 bits per heavy atom. The number of aromatic nitrogens is 1. The standard InChI is InChI=1S/C16H20N2O2/c1-16(19)8-4-10-18(11-16)15-13-5-3-6-14(20-2)12(13)7-9-17-15/h3,5-7,9,19H,4,8,10-11H2,1-2H3. The molecule has 1 fully saturated rings. The zero-order valence-corrected chi connectivity index (χ0v) is 12.0. The van der Waals surface area contributed by atoms with Crippen LogP contribution in [-0.2, 0) is 0 Å². The van der Waals surface area contributed by atoms with Crippen molar-refractivity contribution in [3.63, 3.8) is 0 Å². The molecule has 0 amide bonds. The summed E-state index contributed by atoms with van der Waals surface area (Å²) in [6, 6.07) is 7.97. The fourth-order valence-electron chi connectivity index (χ4n) is 2.99. The maximum atomic E-state index is 10.3. The van der Waals surface area contributed by atoms with Crippen LogP contribution in [0.1, 0.15) is 19.8 Å². The number of hydrogen-bond acceptors (Lipinski definition) is 4. The molecule has 1 N–H and O–H groups in total. The van der Waals surface area contributed by atoms with Crippen molar-refractivity contribution in [1.29, 1.82) is 0 Å². The van der Waals surface area contributed by atoms with E-state index in [4.69, 9.17) is 4.74 Å². The number of ether oxygens (including phenoxy) is 1. The molecule has 1 saturated heterocycles. The smallest absolute Gasteiger partial charge is 0.136 e. The van der Waals surface area contributed by atoms with Crippen molar-refractivity contribution in [1.82, 2.24) is 4.98 Å². The molecule has 20 heavy (non-hydrogen) atoms.